The van der Waals surface area contributed by atoms with Crippen LogP contribution >= 0.6 is 0 Å². The van der Waals surface area contributed by atoms with E-state index >= 15 is 0 Å². The van der Waals surface area contributed by atoms with Crippen molar-refractivity contribution in [2.45, 2.75) is 38.5 Å². The summed E-state index contributed by atoms with van der Waals surface area (Å²) in [5, 5.41) is 8.60. The van der Waals surface area contributed by atoms with Gasteiger partial charge in [-0.2, -0.15) is 0 Å². The van der Waals surface area contributed by atoms with Crippen LogP contribution in [0.3, 0.4) is 0 Å². The normalized spacial score (nSPS) is 16.5. The Morgan fingerprint density at radius 3 is 2.47 bits per heavy atom. The van der Waals surface area contributed by atoms with Crippen molar-refractivity contribution in [3.05, 3.63) is 0 Å². The maximum atomic E-state index is 11.7. The molecule has 0 bridgehead atoms. The van der Waals surface area contributed by atoms with E-state index in [9.17, 15) is 9.59 Å². The molecule has 0 aliphatic carbocycles. The Labute approximate surface area is 102 Å². The second-order valence-corrected chi connectivity index (χ2v) is 4.46. The lowest BCUT2D eigenvalue weighted by Crippen LogP contribution is -2.38. The Hall–Kier alpha value is -1.50. The van der Waals surface area contributed by atoms with Crippen molar-refractivity contribution in [3.8, 4) is 12.3 Å². The smallest absolute Gasteiger partial charge is 0.303 e. The molecule has 4 heteroatoms. The van der Waals surface area contributed by atoms with E-state index in [4.69, 9.17) is 11.5 Å². The van der Waals surface area contributed by atoms with E-state index < -0.39 is 5.97 Å². The molecular formula is C13H19NO3. The van der Waals surface area contributed by atoms with Gasteiger partial charge in [0.05, 0.1) is 0 Å². The van der Waals surface area contributed by atoms with Crippen LogP contribution in [0.1, 0.15) is 38.5 Å². The summed E-state index contributed by atoms with van der Waals surface area (Å²) in [5.74, 6) is 2.30. The summed E-state index contributed by atoms with van der Waals surface area (Å²) in [6.07, 6.45) is 8.82. The summed E-state index contributed by atoms with van der Waals surface area (Å²) in [6, 6.07) is 0. The Morgan fingerprint density at radius 2 is 1.94 bits per heavy atom. The van der Waals surface area contributed by atoms with Crippen LogP contribution in [0.15, 0.2) is 0 Å². The molecule has 0 spiro atoms. The first-order valence-corrected chi connectivity index (χ1v) is 6.06. The highest BCUT2D eigenvalue weighted by Gasteiger charge is 2.22. The molecule has 1 amide bonds. The highest BCUT2D eigenvalue weighted by Crippen LogP contribution is 2.22. The van der Waals surface area contributed by atoms with Crippen molar-refractivity contribution in [2.75, 3.05) is 13.1 Å². The van der Waals surface area contributed by atoms with Gasteiger partial charge in [0.1, 0.15) is 0 Å². The number of carboxylic acid groups (broad SMARTS) is 1. The topological polar surface area (TPSA) is 57.6 Å². The second-order valence-electron chi connectivity index (χ2n) is 4.46. The van der Waals surface area contributed by atoms with Crippen molar-refractivity contribution in [1.29, 1.82) is 0 Å². The molecule has 1 saturated heterocycles. The van der Waals surface area contributed by atoms with E-state index in [1.807, 2.05) is 4.90 Å². The fourth-order valence-corrected chi connectivity index (χ4v) is 2.14. The molecule has 0 aromatic heterocycles. The number of terminal acetylenes is 1. The molecule has 17 heavy (non-hydrogen) atoms. The number of carboxylic acids is 1. The van der Waals surface area contributed by atoms with Crippen molar-refractivity contribution in [3.63, 3.8) is 0 Å². The van der Waals surface area contributed by atoms with Crippen LogP contribution in [0.25, 0.3) is 0 Å². The van der Waals surface area contributed by atoms with Crippen LogP contribution in [0.2, 0.25) is 0 Å². The van der Waals surface area contributed by atoms with Crippen molar-refractivity contribution < 1.29 is 14.7 Å². The number of hydrogen-bond acceptors (Lipinski definition) is 2. The average molecular weight is 237 g/mol. The number of piperidine rings is 1. The number of carbonyl (C=O) groups excluding carboxylic acids is 1. The van der Waals surface area contributed by atoms with Gasteiger partial charge >= 0.3 is 5.97 Å². The molecule has 0 unspecified atom stereocenters. The van der Waals surface area contributed by atoms with Gasteiger partial charge in [-0.3, -0.25) is 9.59 Å². The predicted molar refractivity (Wildman–Crippen MR) is 64.2 cm³/mol. The molecule has 0 atom stereocenters. The van der Waals surface area contributed by atoms with Gasteiger partial charge in [-0.25, -0.2) is 0 Å². The Morgan fingerprint density at radius 1 is 1.29 bits per heavy atom. The third-order valence-corrected chi connectivity index (χ3v) is 3.22. The molecule has 94 valence electrons. The summed E-state index contributed by atoms with van der Waals surface area (Å²) in [4.78, 5) is 24.0. The molecule has 4 nitrogen and oxygen atoms in total. The molecule has 1 N–H and O–H groups in total. The van der Waals surface area contributed by atoms with Gasteiger partial charge in [0.2, 0.25) is 5.91 Å². The van der Waals surface area contributed by atoms with Crippen LogP contribution in [0.4, 0.5) is 0 Å². The number of carbonyl (C=O) groups is 2. The zero-order valence-corrected chi connectivity index (χ0v) is 10.0. The van der Waals surface area contributed by atoms with E-state index in [1.54, 1.807) is 0 Å². The maximum Gasteiger partial charge on any atom is 0.303 e. The SMILES string of the molecule is C#CCCC(=O)N1CCC(CCC(=O)O)CC1. The number of aliphatic carboxylic acids is 1. The van der Waals surface area contributed by atoms with E-state index in [0.29, 0.717) is 18.8 Å². The molecule has 1 aliphatic heterocycles. The molecule has 1 heterocycles. The fourth-order valence-electron chi connectivity index (χ4n) is 2.14. The third-order valence-electron chi connectivity index (χ3n) is 3.22. The first-order valence-electron chi connectivity index (χ1n) is 6.06. The van der Waals surface area contributed by atoms with Gasteiger partial charge in [0.25, 0.3) is 0 Å². The van der Waals surface area contributed by atoms with Crippen molar-refractivity contribution in [1.82, 2.24) is 4.90 Å². The number of likely N-dealkylation sites (tertiary alicyclic amines) is 1. The number of amides is 1. The molecule has 0 aromatic carbocycles. The summed E-state index contributed by atoms with van der Waals surface area (Å²) in [5.41, 5.74) is 0. The van der Waals surface area contributed by atoms with Gasteiger partial charge in [-0.05, 0) is 25.2 Å². The largest absolute Gasteiger partial charge is 0.481 e. The molecule has 1 fully saturated rings. The molecular weight excluding hydrogens is 218 g/mol. The van der Waals surface area contributed by atoms with E-state index in [1.165, 1.54) is 0 Å². The second kappa shape index (κ2) is 6.95. The van der Waals surface area contributed by atoms with E-state index in [-0.39, 0.29) is 12.3 Å². The van der Waals surface area contributed by atoms with Gasteiger partial charge < -0.3 is 10.0 Å². The van der Waals surface area contributed by atoms with Gasteiger partial charge in [0, 0.05) is 32.4 Å². The minimum absolute atomic E-state index is 0.125. The summed E-state index contributed by atoms with van der Waals surface area (Å²) in [7, 11) is 0. The van der Waals surface area contributed by atoms with Crippen LogP contribution in [-0.4, -0.2) is 35.0 Å². The zero-order valence-electron chi connectivity index (χ0n) is 10.0. The lowest BCUT2D eigenvalue weighted by Gasteiger charge is -2.31. The summed E-state index contributed by atoms with van der Waals surface area (Å²) < 4.78 is 0. The lowest BCUT2D eigenvalue weighted by atomic mass is 9.92. The summed E-state index contributed by atoms with van der Waals surface area (Å²) >= 11 is 0. The van der Waals surface area contributed by atoms with Crippen LogP contribution in [-0.2, 0) is 9.59 Å². The zero-order chi connectivity index (χ0) is 12.7. The third kappa shape index (κ3) is 4.90. The first-order chi connectivity index (χ1) is 8.13. The average Bonchev–Trinajstić information content (AvgIpc) is 2.34. The highest BCUT2D eigenvalue weighted by atomic mass is 16.4. The number of hydrogen-bond donors (Lipinski definition) is 1. The summed E-state index contributed by atoms with van der Waals surface area (Å²) in [6.45, 7) is 1.49. The minimum atomic E-state index is -0.738. The Balaban J connectivity index is 2.23. The van der Waals surface area contributed by atoms with Crippen LogP contribution in [0, 0.1) is 18.3 Å². The fraction of sp³-hybridized carbons (Fsp3) is 0.692. The predicted octanol–water partition coefficient (Wildman–Crippen LogP) is 1.50. The number of rotatable bonds is 5. The molecule has 0 saturated carbocycles. The number of nitrogens with zero attached hydrogens (tertiary/aromatic N) is 1. The Kier molecular flexibility index (Phi) is 5.55. The molecule has 1 rings (SSSR count). The molecule has 0 aromatic rings. The first kappa shape index (κ1) is 13.6. The lowest BCUT2D eigenvalue weighted by molar-refractivity contribution is -0.138. The Bertz CT molecular complexity index is 311. The highest BCUT2D eigenvalue weighted by molar-refractivity contribution is 5.76. The molecule has 0 radical (unpaired) electrons. The van der Waals surface area contributed by atoms with Crippen molar-refractivity contribution in [2.24, 2.45) is 5.92 Å². The standard InChI is InChI=1S/C13H19NO3/c1-2-3-4-12(15)14-9-7-11(8-10-14)5-6-13(16)17/h1,11H,3-10H2,(H,16,17). The van der Waals surface area contributed by atoms with Crippen molar-refractivity contribution >= 4 is 11.9 Å². The maximum absolute atomic E-state index is 11.7. The molecule has 1 aliphatic rings. The van der Waals surface area contributed by atoms with E-state index in [0.717, 1.165) is 32.4 Å². The van der Waals surface area contributed by atoms with Gasteiger partial charge in [-0.1, -0.05) is 0 Å². The van der Waals surface area contributed by atoms with Gasteiger partial charge in [-0.15, -0.1) is 12.3 Å². The van der Waals surface area contributed by atoms with Crippen LogP contribution < -0.4 is 0 Å². The minimum Gasteiger partial charge on any atom is -0.481 e. The van der Waals surface area contributed by atoms with Gasteiger partial charge in [0.15, 0.2) is 0 Å². The van der Waals surface area contributed by atoms with E-state index in [2.05, 4.69) is 5.92 Å². The monoisotopic (exact) mass is 237 g/mol. The van der Waals surface area contributed by atoms with Crippen LogP contribution in [0.5, 0.6) is 0 Å². The quantitative estimate of drug-likeness (QED) is 0.737.